The van der Waals surface area contributed by atoms with Crippen LogP contribution in [-0.2, 0) is 11.2 Å². The highest BCUT2D eigenvalue weighted by Crippen LogP contribution is 2.34. The standard InChI is InChI=1S/C28H28N4O7S/c1-17(2)29-19-5-4-6-21(14-19)39-22-11-12-23(32(36)37)24(15-22)31(3)26(33)16-38-20-9-7-18(8-10-20)13-25-27(34)30-28(35)40-25/h4-12,14-15,17,29,34H,13,16H2,1-3H3,(H,30,35). The van der Waals surface area contributed by atoms with Gasteiger partial charge in [-0.25, -0.2) is 0 Å². The Morgan fingerprint density at radius 3 is 2.45 bits per heavy atom. The maximum Gasteiger partial charge on any atom is 0.307 e. The average Bonchev–Trinajstić information content (AvgIpc) is 3.23. The molecule has 0 aliphatic carbocycles. The van der Waals surface area contributed by atoms with Gasteiger partial charge < -0.3 is 24.8 Å². The first kappa shape index (κ1) is 28.2. The Bertz CT molecular complexity index is 1560. The summed E-state index contributed by atoms with van der Waals surface area (Å²) in [6, 6.07) is 18.6. The number of carbonyl (C=O) groups excluding carboxylic acids is 1. The number of nitro groups is 1. The molecule has 40 heavy (non-hydrogen) atoms. The number of ether oxygens (including phenoxy) is 2. The second kappa shape index (κ2) is 12.3. The van der Waals surface area contributed by atoms with E-state index in [0.29, 0.717) is 28.5 Å². The number of benzene rings is 3. The van der Waals surface area contributed by atoms with E-state index in [4.69, 9.17) is 9.47 Å². The third-order valence-electron chi connectivity index (χ3n) is 5.75. The van der Waals surface area contributed by atoms with Crippen LogP contribution in [0.3, 0.4) is 0 Å². The lowest BCUT2D eigenvalue weighted by Gasteiger charge is -2.19. The van der Waals surface area contributed by atoms with Crippen molar-refractivity contribution in [2.24, 2.45) is 0 Å². The number of H-pyrrole nitrogens is 1. The van der Waals surface area contributed by atoms with Gasteiger partial charge in [-0.15, -0.1) is 0 Å². The minimum absolute atomic E-state index is 0.0632. The van der Waals surface area contributed by atoms with Crippen LogP contribution >= 0.6 is 11.3 Å². The second-order valence-electron chi connectivity index (χ2n) is 9.19. The zero-order chi connectivity index (χ0) is 28.8. The van der Waals surface area contributed by atoms with Gasteiger partial charge in [0.15, 0.2) is 6.61 Å². The first-order chi connectivity index (χ1) is 19.1. The van der Waals surface area contributed by atoms with Crippen molar-refractivity contribution in [2.75, 3.05) is 23.9 Å². The number of amides is 1. The van der Waals surface area contributed by atoms with Crippen LogP contribution in [0.25, 0.3) is 0 Å². The van der Waals surface area contributed by atoms with Gasteiger partial charge in [0.2, 0.25) is 5.88 Å². The van der Waals surface area contributed by atoms with Gasteiger partial charge in [-0.1, -0.05) is 29.5 Å². The Morgan fingerprint density at radius 2 is 1.80 bits per heavy atom. The van der Waals surface area contributed by atoms with Crippen molar-refractivity contribution in [3.8, 4) is 23.1 Å². The van der Waals surface area contributed by atoms with E-state index in [0.717, 1.165) is 27.5 Å². The van der Waals surface area contributed by atoms with Gasteiger partial charge in [-0.3, -0.25) is 24.7 Å². The number of aromatic amines is 1. The van der Waals surface area contributed by atoms with Crippen molar-refractivity contribution in [3.05, 3.63) is 97.0 Å². The topological polar surface area (TPSA) is 147 Å². The molecule has 4 rings (SSSR count). The Morgan fingerprint density at radius 1 is 1.10 bits per heavy atom. The lowest BCUT2D eigenvalue weighted by atomic mass is 10.1. The molecule has 208 valence electrons. The van der Waals surface area contributed by atoms with Crippen LogP contribution in [0.1, 0.15) is 24.3 Å². The van der Waals surface area contributed by atoms with Gasteiger partial charge in [0.25, 0.3) is 11.6 Å². The molecule has 1 heterocycles. The predicted molar refractivity (Wildman–Crippen MR) is 153 cm³/mol. The minimum atomic E-state index is -0.561. The fraction of sp³-hybridized carbons (Fsp3) is 0.214. The van der Waals surface area contributed by atoms with Crippen LogP contribution in [0.4, 0.5) is 17.1 Å². The van der Waals surface area contributed by atoms with Crippen LogP contribution < -0.4 is 24.6 Å². The number of likely N-dealkylation sites (N-methyl/N-ethyl adjacent to an activating group) is 1. The number of hydrogen-bond donors (Lipinski definition) is 3. The van der Waals surface area contributed by atoms with Crippen molar-refractivity contribution in [1.82, 2.24) is 4.98 Å². The van der Waals surface area contributed by atoms with E-state index in [2.05, 4.69) is 10.3 Å². The molecule has 0 fully saturated rings. The van der Waals surface area contributed by atoms with Crippen molar-refractivity contribution >= 4 is 34.3 Å². The molecule has 11 nitrogen and oxygen atoms in total. The number of thiazole rings is 1. The lowest BCUT2D eigenvalue weighted by Crippen LogP contribution is -2.31. The van der Waals surface area contributed by atoms with E-state index in [1.807, 2.05) is 32.0 Å². The van der Waals surface area contributed by atoms with Crippen LogP contribution in [0.2, 0.25) is 0 Å². The largest absolute Gasteiger partial charge is 0.494 e. The summed E-state index contributed by atoms with van der Waals surface area (Å²) in [7, 11) is 1.43. The molecule has 0 aliphatic heterocycles. The molecule has 0 spiro atoms. The predicted octanol–water partition coefficient (Wildman–Crippen LogP) is 5.30. The quantitative estimate of drug-likeness (QED) is 0.164. The molecule has 0 bridgehead atoms. The third-order valence-corrected chi connectivity index (χ3v) is 6.63. The number of nitrogens with zero attached hydrogens (tertiary/aromatic N) is 2. The van der Waals surface area contributed by atoms with Gasteiger partial charge in [-0.05, 0) is 49.7 Å². The van der Waals surface area contributed by atoms with E-state index in [1.54, 1.807) is 30.3 Å². The second-order valence-corrected chi connectivity index (χ2v) is 10.3. The SMILES string of the molecule is CC(C)Nc1cccc(Oc2ccc([N+](=O)[O-])c(N(C)C(=O)COc3ccc(Cc4sc(=O)[nH]c4O)cc3)c2)c1. The smallest absolute Gasteiger partial charge is 0.307 e. The Labute approximate surface area is 233 Å². The van der Waals surface area contributed by atoms with E-state index in [9.17, 15) is 24.8 Å². The van der Waals surface area contributed by atoms with Crippen molar-refractivity contribution < 1.29 is 24.3 Å². The van der Waals surface area contributed by atoms with E-state index >= 15 is 0 Å². The molecular formula is C28H28N4O7S. The molecule has 1 amide bonds. The number of carbonyl (C=O) groups is 1. The molecule has 1 aromatic heterocycles. The fourth-order valence-electron chi connectivity index (χ4n) is 3.85. The number of aromatic nitrogens is 1. The van der Waals surface area contributed by atoms with Crippen LogP contribution in [-0.4, -0.2) is 40.6 Å². The van der Waals surface area contributed by atoms with Crippen molar-refractivity contribution in [1.29, 1.82) is 0 Å². The normalized spacial score (nSPS) is 10.8. The first-order valence-corrected chi connectivity index (χ1v) is 13.1. The summed E-state index contributed by atoms with van der Waals surface area (Å²) in [5, 5.41) is 24.7. The molecule has 12 heteroatoms. The average molecular weight is 565 g/mol. The van der Waals surface area contributed by atoms with E-state index in [1.165, 1.54) is 25.2 Å². The molecule has 0 unspecified atom stereocenters. The summed E-state index contributed by atoms with van der Waals surface area (Å²) in [6.45, 7) is 3.68. The van der Waals surface area contributed by atoms with Crippen LogP contribution in [0.5, 0.6) is 23.1 Å². The number of rotatable bonds is 11. The summed E-state index contributed by atoms with van der Waals surface area (Å²) in [5.74, 6) is 0.626. The van der Waals surface area contributed by atoms with Gasteiger partial charge in [0.1, 0.15) is 22.9 Å². The Hall–Kier alpha value is -4.84. The molecule has 0 radical (unpaired) electrons. The highest BCUT2D eigenvalue weighted by Gasteiger charge is 2.23. The summed E-state index contributed by atoms with van der Waals surface area (Å²) < 4.78 is 11.5. The fourth-order valence-corrected chi connectivity index (χ4v) is 4.60. The monoisotopic (exact) mass is 564 g/mol. The van der Waals surface area contributed by atoms with E-state index in [-0.39, 0.29) is 34.8 Å². The number of nitro benzene ring substituents is 1. The number of aromatic hydroxyl groups is 1. The Kier molecular flexibility index (Phi) is 8.70. The van der Waals surface area contributed by atoms with Gasteiger partial charge in [-0.2, -0.15) is 0 Å². The zero-order valence-electron chi connectivity index (χ0n) is 22.0. The van der Waals surface area contributed by atoms with Crippen molar-refractivity contribution in [2.45, 2.75) is 26.3 Å². The summed E-state index contributed by atoms with van der Waals surface area (Å²) in [6.07, 6.45) is 0.359. The maximum atomic E-state index is 12.9. The van der Waals surface area contributed by atoms with Crippen LogP contribution in [0, 0.1) is 10.1 Å². The molecular weight excluding hydrogens is 536 g/mol. The summed E-state index contributed by atoms with van der Waals surface area (Å²) in [5.41, 5.74) is 1.51. The molecule has 4 aromatic rings. The molecule has 0 saturated carbocycles. The molecule has 0 saturated heterocycles. The third kappa shape index (κ3) is 7.17. The lowest BCUT2D eigenvalue weighted by molar-refractivity contribution is -0.384. The molecule has 0 atom stereocenters. The number of anilines is 2. The number of hydrogen-bond acceptors (Lipinski definition) is 9. The van der Waals surface area contributed by atoms with Gasteiger partial charge >= 0.3 is 4.87 Å². The zero-order valence-corrected chi connectivity index (χ0v) is 22.9. The molecule has 0 aliphatic rings. The highest BCUT2D eigenvalue weighted by atomic mass is 32.1. The van der Waals surface area contributed by atoms with Gasteiger partial charge in [0, 0.05) is 43.4 Å². The minimum Gasteiger partial charge on any atom is -0.494 e. The van der Waals surface area contributed by atoms with Gasteiger partial charge in [0.05, 0.1) is 9.80 Å². The summed E-state index contributed by atoms with van der Waals surface area (Å²) >= 11 is 0.933. The van der Waals surface area contributed by atoms with Crippen molar-refractivity contribution in [3.63, 3.8) is 0 Å². The van der Waals surface area contributed by atoms with Crippen LogP contribution in [0.15, 0.2) is 71.5 Å². The first-order valence-electron chi connectivity index (χ1n) is 12.3. The highest BCUT2D eigenvalue weighted by molar-refractivity contribution is 7.09. The summed E-state index contributed by atoms with van der Waals surface area (Å²) in [4.78, 5) is 39.1. The molecule has 3 N–H and O–H groups in total. The maximum absolute atomic E-state index is 12.9. The van der Waals surface area contributed by atoms with E-state index < -0.39 is 10.8 Å². The Balaban J connectivity index is 1.43. The number of nitrogens with one attached hydrogen (secondary N) is 2. The molecule has 3 aromatic carbocycles.